The van der Waals surface area contributed by atoms with Crippen LogP contribution in [0, 0.1) is 0 Å². The summed E-state index contributed by atoms with van der Waals surface area (Å²) >= 11 is 0. The van der Waals surface area contributed by atoms with Crippen LogP contribution in [-0.4, -0.2) is 46.9 Å². The van der Waals surface area contributed by atoms with Crippen molar-refractivity contribution in [2.24, 2.45) is 0 Å². The van der Waals surface area contributed by atoms with Gasteiger partial charge in [0.15, 0.2) is 0 Å². The number of unbranched alkanes of at least 4 members (excludes halogenated alkanes) is 45. The third-order valence-corrected chi connectivity index (χ3v) is 14.7. The van der Waals surface area contributed by atoms with Gasteiger partial charge in [0.25, 0.3) is 0 Å². The molecule has 0 aliphatic heterocycles. The van der Waals surface area contributed by atoms with E-state index in [1.54, 1.807) is 0 Å². The quantitative estimate of drug-likeness (QED) is 0.0417. The van der Waals surface area contributed by atoms with E-state index < -0.39 is 18.2 Å². The summed E-state index contributed by atoms with van der Waals surface area (Å²) in [5.74, 6) is -0.442. The van der Waals surface area contributed by atoms with Gasteiger partial charge >= 0.3 is 5.97 Å². The van der Waals surface area contributed by atoms with Gasteiger partial charge in [0.2, 0.25) is 5.91 Å². The number of amides is 1. The minimum absolute atomic E-state index is 0.0890. The summed E-state index contributed by atoms with van der Waals surface area (Å²) in [6.45, 7) is 6.55. The lowest BCUT2D eigenvalue weighted by molar-refractivity contribution is -0.151. The molecule has 0 saturated carbocycles. The van der Waals surface area contributed by atoms with Crippen LogP contribution in [0.4, 0.5) is 0 Å². The minimum atomic E-state index is -0.781. The molecule has 1 amide bonds. The van der Waals surface area contributed by atoms with E-state index in [1.807, 2.05) is 0 Å². The molecule has 0 aromatic rings. The zero-order chi connectivity index (χ0) is 48.8. The predicted molar refractivity (Wildman–Crippen MR) is 292 cm³/mol. The van der Waals surface area contributed by atoms with Crippen molar-refractivity contribution in [2.45, 2.75) is 373 Å². The molecular formula is C61H121NO5. The Morgan fingerprint density at radius 3 is 0.910 bits per heavy atom. The van der Waals surface area contributed by atoms with E-state index in [-0.39, 0.29) is 24.9 Å². The van der Waals surface area contributed by atoms with Gasteiger partial charge in [0, 0.05) is 6.42 Å². The third kappa shape index (κ3) is 51.0. The number of esters is 1. The van der Waals surface area contributed by atoms with Gasteiger partial charge in [0.1, 0.15) is 6.10 Å². The number of hydrogen-bond donors (Lipinski definition) is 3. The van der Waals surface area contributed by atoms with Crippen LogP contribution < -0.4 is 5.32 Å². The molecule has 6 nitrogen and oxygen atoms in total. The zero-order valence-corrected chi connectivity index (χ0v) is 45.8. The van der Waals surface area contributed by atoms with E-state index in [0.717, 1.165) is 38.5 Å². The maximum atomic E-state index is 13.3. The van der Waals surface area contributed by atoms with Gasteiger partial charge in [-0.25, -0.2) is 0 Å². The minimum Gasteiger partial charge on any atom is -0.462 e. The number of rotatable bonds is 57. The van der Waals surface area contributed by atoms with Crippen molar-refractivity contribution in [1.82, 2.24) is 5.32 Å². The zero-order valence-electron chi connectivity index (χ0n) is 45.8. The Labute approximate surface area is 419 Å². The van der Waals surface area contributed by atoms with Crippen LogP contribution >= 0.6 is 0 Å². The molecule has 0 bridgehead atoms. The third-order valence-electron chi connectivity index (χ3n) is 14.7. The summed E-state index contributed by atoms with van der Waals surface area (Å²) in [7, 11) is 0. The average molecular weight is 949 g/mol. The summed E-state index contributed by atoms with van der Waals surface area (Å²) in [6, 6.07) is -0.694. The Balaban J connectivity index is 4.46. The second-order valence-electron chi connectivity index (χ2n) is 21.5. The molecule has 0 aromatic heterocycles. The Hall–Kier alpha value is -1.14. The van der Waals surface area contributed by atoms with Crippen molar-refractivity contribution in [2.75, 3.05) is 6.61 Å². The molecule has 3 N–H and O–H groups in total. The van der Waals surface area contributed by atoms with E-state index >= 15 is 0 Å². The van der Waals surface area contributed by atoms with Crippen LogP contribution in [-0.2, 0) is 14.3 Å². The van der Waals surface area contributed by atoms with Gasteiger partial charge in [0.05, 0.1) is 25.2 Å². The second-order valence-corrected chi connectivity index (χ2v) is 21.5. The van der Waals surface area contributed by atoms with Gasteiger partial charge in [-0.05, 0) is 25.7 Å². The number of ether oxygens (including phenoxy) is 1. The van der Waals surface area contributed by atoms with E-state index in [9.17, 15) is 19.8 Å². The van der Waals surface area contributed by atoms with Crippen LogP contribution in [0.15, 0.2) is 0 Å². The normalized spacial score (nSPS) is 13.0. The number of aliphatic hydroxyl groups is 2. The molecule has 0 aliphatic rings. The van der Waals surface area contributed by atoms with Crippen molar-refractivity contribution in [3.05, 3.63) is 0 Å². The molecule has 0 spiro atoms. The Morgan fingerprint density at radius 1 is 0.373 bits per heavy atom. The summed E-state index contributed by atoms with van der Waals surface area (Å²) in [4.78, 5) is 26.3. The van der Waals surface area contributed by atoms with Gasteiger partial charge < -0.3 is 20.3 Å². The summed E-state index contributed by atoms with van der Waals surface area (Å²) in [5.41, 5.74) is 0. The monoisotopic (exact) mass is 948 g/mol. The van der Waals surface area contributed by atoms with Crippen LogP contribution in [0.5, 0.6) is 0 Å². The van der Waals surface area contributed by atoms with Crippen molar-refractivity contribution in [3.8, 4) is 0 Å². The average Bonchev–Trinajstić information content (AvgIpc) is 3.32. The number of nitrogens with one attached hydrogen (secondary N) is 1. The highest BCUT2D eigenvalue weighted by molar-refractivity contribution is 5.77. The molecule has 3 unspecified atom stereocenters. The van der Waals surface area contributed by atoms with E-state index in [0.29, 0.717) is 19.3 Å². The second kappa shape index (κ2) is 55.8. The highest BCUT2D eigenvalue weighted by Gasteiger charge is 2.24. The van der Waals surface area contributed by atoms with Crippen LogP contribution in [0.25, 0.3) is 0 Å². The maximum absolute atomic E-state index is 13.3. The molecule has 0 aromatic carbocycles. The van der Waals surface area contributed by atoms with Crippen LogP contribution in [0.1, 0.15) is 355 Å². The molecule has 0 fully saturated rings. The van der Waals surface area contributed by atoms with Crippen molar-refractivity contribution < 1.29 is 24.5 Å². The lowest BCUT2D eigenvalue weighted by atomic mass is 10.0. The molecule has 67 heavy (non-hydrogen) atoms. The van der Waals surface area contributed by atoms with Crippen LogP contribution in [0.2, 0.25) is 0 Å². The summed E-state index contributed by atoms with van der Waals surface area (Å²) < 4.78 is 5.98. The number of hydrogen-bond acceptors (Lipinski definition) is 5. The molecule has 0 rings (SSSR count). The van der Waals surface area contributed by atoms with Gasteiger partial charge in [-0.1, -0.05) is 316 Å². The van der Waals surface area contributed by atoms with E-state index in [1.165, 1.54) is 270 Å². The molecule has 400 valence electrons. The predicted octanol–water partition coefficient (Wildman–Crippen LogP) is 19.1. The number of carbonyl (C=O) groups is 2. The Bertz CT molecular complexity index is 975. The van der Waals surface area contributed by atoms with Gasteiger partial charge in [-0.3, -0.25) is 9.59 Å². The molecule has 0 radical (unpaired) electrons. The van der Waals surface area contributed by atoms with Gasteiger partial charge in [-0.15, -0.1) is 0 Å². The first-order chi connectivity index (χ1) is 33.0. The van der Waals surface area contributed by atoms with Gasteiger partial charge in [-0.2, -0.15) is 0 Å². The summed E-state index contributed by atoms with van der Waals surface area (Å²) in [6.07, 6.45) is 63.2. The largest absolute Gasteiger partial charge is 0.462 e. The number of carbonyl (C=O) groups excluding carboxylic acids is 2. The summed E-state index contributed by atoms with van der Waals surface area (Å²) in [5, 5.41) is 24.0. The molecule has 3 atom stereocenters. The fourth-order valence-corrected chi connectivity index (χ4v) is 10.0. The topological polar surface area (TPSA) is 95.9 Å². The van der Waals surface area contributed by atoms with Crippen molar-refractivity contribution in [1.29, 1.82) is 0 Å². The van der Waals surface area contributed by atoms with E-state index in [4.69, 9.17) is 4.74 Å². The van der Waals surface area contributed by atoms with Crippen molar-refractivity contribution in [3.63, 3.8) is 0 Å². The Kier molecular flexibility index (Phi) is 54.8. The first-order valence-corrected chi connectivity index (χ1v) is 30.8. The van der Waals surface area contributed by atoms with Crippen LogP contribution in [0.3, 0.4) is 0 Å². The first kappa shape index (κ1) is 65.9. The smallest absolute Gasteiger partial charge is 0.306 e. The fraction of sp³-hybridized carbons (Fsp3) is 0.967. The van der Waals surface area contributed by atoms with E-state index in [2.05, 4.69) is 26.1 Å². The molecule has 0 heterocycles. The van der Waals surface area contributed by atoms with Crippen molar-refractivity contribution >= 4 is 11.9 Å². The first-order valence-electron chi connectivity index (χ1n) is 30.8. The SMILES string of the molecule is CCCCCCCCCCCCCCCCCCCC(CC(=O)NC(CO)C(O)CCCCCCCCCCCCCCCCCCC)OC(=O)CCCCCCCCCCCCCCCC. The fourth-order valence-electron chi connectivity index (χ4n) is 10.0. The molecule has 0 aliphatic carbocycles. The highest BCUT2D eigenvalue weighted by Crippen LogP contribution is 2.20. The highest BCUT2D eigenvalue weighted by atomic mass is 16.5. The maximum Gasteiger partial charge on any atom is 0.306 e. The molecule has 6 heteroatoms. The molecular weight excluding hydrogens is 827 g/mol. The number of aliphatic hydroxyl groups excluding tert-OH is 2. The lowest BCUT2D eigenvalue weighted by Gasteiger charge is -2.24. The lowest BCUT2D eigenvalue weighted by Crippen LogP contribution is -2.46. The standard InChI is InChI=1S/C61H121NO5/c1-4-7-10-13-16-19-22-25-28-30-32-34-37-40-43-46-49-52-57(67-61(66)54-51-48-45-42-39-36-27-24-21-18-15-12-9-6-3)55-60(65)62-58(56-63)59(64)53-50-47-44-41-38-35-33-31-29-26-23-20-17-14-11-8-5-2/h57-59,63-64H,4-56H2,1-3H3,(H,62,65). The molecule has 0 saturated heterocycles. The Morgan fingerprint density at radius 2 is 0.627 bits per heavy atom.